The van der Waals surface area contributed by atoms with Crippen LogP contribution in [-0.4, -0.2) is 36.9 Å². The Morgan fingerprint density at radius 2 is 2.05 bits per heavy atom. The molecule has 1 fully saturated rings. The molecular weight excluding hydrogens is 250 g/mol. The molecule has 1 heterocycles. The predicted molar refractivity (Wildman–Crippen MR) is 81.3 cm³/mol. The standard InChI is InChI=1S/C17H25NO2/c1-4-20-16-7-5-14(6-8-16)17(19)12-18-10-9-15(11-18)13(2)3/h5-8,13,15H,4,9-12H2,1-3H3. The summed E-state index contributed by atoms with van der Waals surface area (Å²) in [5, 5.41) is 0. The Balaban J connectivity index is 1.89. The third kappa shape index (κ3) is 3.83. The molecule has 1 atom stereocenters. The van der Waals surface area contributed by atoms with Crippen LogP contribution in [0, 0.1) is 11.8 Å². The number of carbonyl (C=O) groups excluding carboxylic acids is 1. The van der Waals surface area contributed by atoms with Gasteiger partial charge in [-0.15, -0.1) is 0 Å². The van der Waals surface area contributed by atoms with Crippen LogP contribution >= 0.6 is 0 Å². The maximum absolute atomic E-state index is 12.3. The summed E-state index contributed by atoms with van der Waals surface area (Å²) in [6, 6.07) is 7.47. The van der Waals surface area contributed by atoms with Gasteiger partial charge < -0.3 is 4.74 Å². The number of Topliss-reactive ketones (excluding diaryl/α,β-unsaturated/α-hetero) is 1. The molecule has 1 unspecified atom stereocenters. The molecule has 0 aromatic heterocycles. The molecular formula is C17H25NO2. The second-order valence-electron chi connectivity index (χ2n) is 5.91. The van der Waals surface area contributed by atoms with Crippen LogP contribution in [0.25, 0.3) is 0 Å². The van der Waals surface area contributed by atoms with Crippen molar-refractivity contribution in [2.24, 2.45) is 11.8 Å². The lowest BCUT2D eigenvalue weighted by Gasteiger charge is -2.17. The Bertz CT molecular complexity index is 439. The smallest absolute Gasteiger partial charge is 0.176 e. The molecule has 0 radical (unpaired) electrons. The minimum atomic E-state index is 0.206. The SMILES string of the molecule is CCOc1ccc(C(=O)CN2CCC(C(C)C)C2)cc1. The summed E-state index contributed by atoms with van der Waals surface area (Å²) in [4.78, 5) is 14.5. The Morgan fingerprint density at radius 3 is 2.60 bits per heavy atom. The normalized spacial score (nSPS) is 19.5. The van der Waals surface area contributed by atoms with Crippen molar-refractivity contribution in [2.45, 2.75) is 27.2 Å². The average molecular weight is 275 g/mol. The minimum absolute atomic E-state index is 0.206. The van der Waals surface area contributed by atoms with Crippen molar-refractivity contribution in [1.82, 2.24) is 4.90 Å². The molecule has 1 aliphatic rings. The van der Waals surface area contributed by atoms with Crippen LogP contribution in [0.1, 0.15) is 37.6 Å². The summed E-state index contributed by atoms with van der Waals surface area (Å²) in [6.45, 7) is 9.78. The zero-order valence-electron chi connectivity index (χ0n) is 12.8. The van der Waals surface area contributed by atoms with Gasteiger partial charge in [0.25, 0.3) is 0 Å². The molecule has 20 heavy (non-hydrogen) atoms. The Morgan fingerprint density at radius 1 is 1.35 bits per heavy atom. The summed E-state index contributed by atoms with van der Waals surface area (Å²) in [5.41, 5.74) is 0.779. The average Bonchev–Trinajstić information content (AvgIpc) is 2.88. The molecule has 0 saturated carbocycles. The molecule has 1 aromatic carbocycles. The topological polar surface area (TPSA) is 29.5 Å². The molecule has 110 valence electrons. The molecule has 1 saturated heterocycles. The van der Waals surface area contributed by atoms with Crippen LogP contribution in [0.15, 0.2) is 24.3 Å². The van der Waals surface area contributed by atoms with Gasteiger partial charge in [-0.05, 0) is 56.0 Å². The number of ether oxygens (including phenoxy) is 1. The predicted octanol–water partition coefficient (Wildman–Crippen LogP) is 3.25. The first kappa shape index (κ1) is 15.0. The van der Waals surface area contributed by atoms with E-state index in [1.165, 1.54) is 6.42 Å². The summed E-state index contributed by atoms with van der Waals surface area (Å²) >= 11 is 0. The van der Waals surface area contributed by atoms with Crippen LogP contribution in [-0.2, 0) is 0 Å². The summed E-state index contributed by atoms with van der Waals surface area (Å²) in [6.07, 6.45) is 1.22. The maximum atomic E-state index is 12.3. The Hall–Kier alpha value is -1.35. The first-order chi connectivity index (χ1) is 9.60. The molecule has 0 amide bonds. The highest BCUT2D eigenvalue weighted by molar-refractivity contribution is 5.97. The van der Waals surface area contributed by atoms with Crippen LogP contribution in [0.4, 0.5) is 0 Å². The van der Waals surface area contributed by atoms with E-state index in [0.717, 1.165) is 30.3 Å². The second-order valence-corrected chi connectivity index (χ2v) is 5.91. The molecule has 0 spiro atoms. The lowest BCUT2D eigenvalue weighted by Crippen LogP contribution is -2.28. The van der Waals surface area contributed by atoms with E-state index in [0.29, 0.717) is 19.1 Å². The van der Waals surface area contributed by atoms with E-state index < -0.39 is 0 Å². The molecule has 1 aliphatic heterocycles. The summed E-state index contributed by atoms with van der Waals surface area (Å²) in [5.74, 6) is 2.48. The number of nitrogens with zero attached hydrogens (tertiary/aromatic N) is 1. The first-order valence-corrected chi connectivity index (χ1v) is 7.58. The van der Waals surface area contributed by atoms with Crippen molar-refractivity contribution in [1.29, 1.82) is 0 Å². The largest absolute Gasteiger partial charge is 0.494 e. The number of ketones is 1. The summed E-state index contributed by atoms with van der Waals surface area (Å²) < 4.78 is 5.39. The lowest BCUT2D eigenvalue weighted by atomic mass is 9.95. The van der Waals surface area contributed by atoms with Gasteiger partial charge >= 0.3 is 0 Å². The highest BCUT2D eigenvalue weighted by Gasteiger charge is 2.26. The fourth-order valence-electron chi connectivity index (χ4n) is 2.75. The van der Waals surface area contributed by atoms with Gasteiger partial charge in [-0.25, -0.2) is 0 Å². The Labute approximate surface area is 121 Å². The van der Waals surface area contributed by atoms with E-state index in [2.05, 4.69) is 18.7 Å². The van der Waals surface area contributed by atoms with Crippen molar-refractivity contribution < 1.29 is 9.53 Å². The van der Waals surface area contributed by atoms with Crippen molar-refractivity contribution in [3.8, 4) is 5.75 Å². The highest BCUT2D eigenvalue weighted by Crippen LogP contribution is 2.23. The number of carbonyl (C=O) groups is 1. The molecule has 2 rings (SSSR count). The monoisotopic (exact) mass is 275 g/mol. The summed E-state index contributed by atoms with van der Waals surface area (Å²) in [7, 11) is 0. The molecule has 3 heteroatoms. The van der Waals surface area contributed by atoms with Gasteiger partial charge in [0, 0.05) is 12.1 Å². The van der Waals surface area contributed by atoms with Crippen molar-refractivity contribution in [2.75, 3.05) is 26.2 Å². The second kappa shape index (κ2) is 6.89. The third-order valence-corrected chi connectivity index (χ3v) is 4.11. The van der Waals surface area contributed by atoms with E-state index in [1.807, 2.05) is 31.2 Å². The van der Waals surface area contributed by atoms with Crippen LogP contribution in [0.2, 0.25) is 0 Å². The molecule has 3 nitrogen and oxygen atoms in total. The van der Waals surface area contributed by atoms with E-state index in [-0.39, 0.29) is 5.78 Å². The van der Waals surface area contributed by atoms with Crippen molar-refractivity contribution in [3.05, 3.63) is 29.8 Å². The third-order valence-electron chi connectivity index (χ3n) is 4.11. The Kier molecular flexibility index (Phi) is 5.18. The fraction of sp³-hybridized carbons (Fsp3) is 0.588. The van der Waals surface area contributed by atoms with E-state index >= 15 is 0 Å². The van der Waals surface area contributed by atoms with E-state index in [4.69, 9.17) is 4.74 Å². The van der Waals surface area contributed by atoms with Crippen molar-refractivity contribution in [3.63, 3.8) is 0 Å². The molecule has 1 aromatic rings. The molecule has 0 N–H and O–H groups in total. The number of benzene rings is 1. The first-order valence-electron chi connectivity index (χ1n) is 7.58. The molecule has 0 bridgehead atoms. The van der Waals surface area contributed by atoms with Gasteiger partial charge in [0.15, 0.2) is 5.78 Å². The fourth-order valence-corrected chi connectivity index (χ4v) is 2.75. The maximum Gasteiger partial charge on any atom is 0.176 e. The van der Waals surface area contributed by atoms with Crippen LogP contribution in [0.3, 0.4) is 0 Å². The number of hydrogen-bond donors (Lipinski definition) is 0. The number of rotatable bonds is 6. The lowest BCUT2D eigenvalue weighted by molar-refractivity contribution is 0.0942. The highest BCUT2D eigenvalue weighted by atomic mass is 16.5. The van der Waals surface area contributed by atoms with Crippen molar-refractivity contribution >= 4 is 5.78 Å². The van der Waals surface area contributed by atoms with Gasteiger partial charge in [-0.1, -0.05) is 13.8 Å². The zero-order valence-corrected chi connectivity index (χ0v) is 12.8. The van der Waals surface area contributed by atoms with Gasteiger partial charge in [0.2, 0.25) is 0 Å². The van der Waals surface area contributed by atoms with Crippen LogP contribution < -0.4 is 4.74 Å². The quantitative estimate of drug-likeness (QED) is 0.746. The van der Waals surface area contributed by atoms with E-state index in [9.17, 15) is 4.79 Å². The van der Waals surface area contributed by atoms with Crippen LogP contribution in [0.5, 0.6) is 5.75 Å². The van der Waals surface area contributed by atoms with Gasteiger partial charge in [0.1, 0.15) is 5.75 Å². The van der Waals surface area contributed by atoms with Gasteiger partial charge in [0.05, 0.1) is 13.2 Å². The minimum Gasteiger partial charge on any atom is -0.494 e. The van der Waals surface area contributed by atoms with Gasteiger partial charge in [-0.2, -0.15) is 0 Å². The molecule has 0 aliphatic carbocycles. The number of hydrogen-bond acceptors (Lipinski definition) is 3. The van der Waals surface area contributed by atoms with E-state index in [1.54, 1.807) is 0 Å². The number of likely N-dealkylation sites (tertiary alicyclic amines) is 1. The zero-order chi connectivity index (χ0) is 14.5. The van der Waals surface area contributed by atoms with Gasteiger partial charge in [-0.3, -0.25) is 9.69 Å².